The van der Waals surface area contributed by atoms with Crippen molar-refractivity contribution in [3.05, 3.63) is 21.3 Å². The molecule has 0 aliphatic carbocycles. The van der Waals surface area contributed by atoms with E-state index < -0.39 is 6.10 Å². The number of hydrogen-bond acceptors (Lipinski definition) is 5. The van der Waals surface area contributed by atoms with Gasteiger partial charge in [-0.05, 0) is 33.0 Å². The number of rotatable bonds is 7. The van der Waals surface area contributed by atoms with Crippen molar-refractivity contribution < 1.29 is 5.11 Å². The first kappa shape index (κ1) is 23.9. The number of likely N-dealkylation sites (N-methyl/N-ethyl adjacent to an activating group) is 1. The van der Waals surface area contributed by atoms with Gasteiger partial charge in [-0.25, -0.2) is 0 Å². The summed E-state index contributed by atoms with van der Waals surface area (Å²) < 4.78 is 0.690. The van der Waals surface area contributed by atoms with Crippen molar-refractivity contribution in [3.63, 3.8) is 0 Å². The zero-order valence-corrected chi connectivity index (χ0v) is 19.6. The molecule has 0 aromatic carbocycles. The highest BCUT2D eigenvalue weighted by molar-refractivity contribution is 14.0. The van der Waals surface area contributed by atoms with Crippen LogP contribution in [0.4, 0.5) is 0 Å². The fraction of sp³-hybridized carbons (Fsp3) is 0.706. The lowest BCUT2D eigenvalue weighted by atomic mass is 10.2. The molecule has 0 radical (unpaired) electrons. The van der Waals surface area contributed by atoms with Crippen LogP contribution < -0.4 is 10.6 Å². The molecule has 1 fully saturated rings. The van der Waals surface area contributed by atoms with Crippen LogP contribution in [0.5, 0.6) is 0 Å². The maximum atomic E-state index is 10.3. The zero-order valence-electron chi connectivity index (χ0n) is 15.7. The largest absolute Gasteiger partial charge is 0.386 e. The van der Waals surface area contributed by atoms with Crippen LogP contribution in [0.25, 0.3) is 0 Å². The second kappa shape index (κ2) is 12.4. The van der Waals surface area contributed by atoms with Gasteiger partial charge in [-0.3, -0.25) is 9.89 Å². The quantitative estimate of drug-likeness (QED) is 0.295. The molecule has 26 heavy (non-hydrogen) atoms. The van der Waals surface area contributed by atoms with Gasteiger partial charge in [0, 0.05) is 50.2 Å². The lowest BCUT2D eigenvalue weighted by Gasteiger charge is -2.35. The summed E-state index contributed by atoms with van der Waals surface area (Å²) in [6.07, 6.45) is -0.587. The Balaban J connectivity index is 0.00000338. The van der Waals surface area contributed by atoms with Crippen molar-refractivity contribution in [3.8, 4) is 0 Å². The topological polar surface area (TPSA) is 63.1 Å². The lowest BCUT2D eigenvalue weighted by Crippen LogP contribution is -2.49. The molecule has 1 aromatic heterocycles. The van der Waals surface area contributed by atoms with Crippen LogP contribution in [0.2, 0.25) is 4.34 Å². The number of nitrogens with one attached hydrogen (secondary N) is 2. The van der Waals surface area contributed by atoms with Gasteiger partial charge in [-0.15, -0.1) is 35.3 Å². The predicted molar refractivity (Wildman–Crippen MR) is 122 cm³/mol. The third-order valence-electron chi connectivity index (χ3n) is 4.40. The van der Waals surface area contributed by atoms with E-state index in [-0.39, 0.29) is 24.0 Å². The van der Waals surface area contributed by atoms with Crippen molar-refractivity contribution in [2.24, 2.45) is 4.99 Å². The molecule has 0 spiro atoms. The van der Waals surface area contributed by atoms with E-state index in [1.165, 1.54) is 11.3 Å². The molecule has 1 aromatic rings. The van der Waals surface area contributed by atoms with Gasteiger partial charge in [-0.2, -0.15) is 0 Å². The lowest BCUT2D eigenvalue weighted by molar-refractivity contribution is 0.122. The second-order valence-electron chi connectivity index (χ2n) is 6.45. The first-order valence-electron chi connectivity index (χ1n) is 8.87. The van der Waals surface area contributed by atoms with Gasteiger partial charge in [-0.1, -0.05) is 11.6 Å². The second-order valence-corrected chi connectivity index (χ2v) is 8.19. The van der Waals surface area contributed by atoms with Gasteiger partial charge in [0.2, 0.25) is 0 Å². The number of thiophene rings is 1. The minimum absolute atomic E-state index is 0. The van der Waals surface area contributed by atoms with E-state index in [0.717, 1.165) is 50.1 Å². The summed E-state index contributed by atoms with van der Waals surface area (Å²) in [6.45, 7) is 10.6. The van der Waals surface area contributed by atoms with Gasteiger partial charge in [0.25, 0.3) is 0 Å². The number of aliphatic imine (C=N–C) groups is 1. The van der Waals surface area contributed by atoms with E-state index in [4.69, 9.17) is 11.6 Å². The maximum Gasteiger partial charge on any atom is 0.191 e. The van der Waals surface area contributed by atoms with Crippen LogP contribution in [0.1, 0.15) is 24.8 Å². The minimum atomic E-state index is -0.587. The zero-order chi connectivity index (χ0) is 18.2. The third kappa shape index (κ3) is 7.85. The summed E-state index contributed by atoms with van der Waals surface area (Å²) in [7, 11) is 2.17. The molecule has 0 bridgehead atoms. The Kier molecular flexibility index (Phi) is 11.4. The van der Waals surface area contributed by atoms with E-state index in [0.29, 0.717) is 16.9 Å². The molecule has 0 amide bonds. The highest BCUT2D eigenvalue weighted by atomic mass is 127. The Bertz CT molecular complexity index is 551. The summed E-state index contributed by atoms with van der Waals surface area (Å²) in [5, 5.41) is 16.7. The van der Waals surface area contributed by atoms with Gasteiger partial charge in [0.15, 0.2) is 5.96 Å². The monoisotopic (exact) mass is 515 g/mol. The average Bonchev–Trinajstić information content (AvgIpc) is 3.04. The molecule has 2 atom stereocenters. The predicted octanol–water partition coefficient (Wildman–Crippen LogP) is 2.24. The van der Waals surface area contributed by atoms with E-state index in [9.17, 15) is 5.11 Å². The van der Waals surface area contributed by atoms with Gasteiger partial charge in [0.05, 0.1) is 10.9 Å². The van der Waals surface area contributed by atoms with E-state index in [1.807, 2.05) is 19.1 Å². The fourth-order valence-corrected chi connectivity index (χ4v) is 3.79. The van der Waals surface area contributed by atoms with E-state index >= 15 is 0 Å². The molecular formula is C17H31ClIN5OS. The van der Waals surface area contributed by atoms with Gasteiger partial charge < -0.3 is 20.6 Å². The molecule has 1 aliphatic rings. The van der Waals surface area contributed by atoms with Crippen LogP contribution in [0.15, 0.2) is 17.1 Å². The molecule has 150 valence electrons. The molecule has 9 heteroatoms. The Hall–Kier alpha value is -0.130. The first-order valence-corrected chi connectivity index (χ1v) is 10.1. The molecule has 2 heterocycles. The van der Waals surface area contributed by atoms with Gasteiger partial charge >= 0.3 is 0 Å². The molecule has 2 rings (SSSR count). The van der Waals surface area contributed by atoms with Crippen molar-refractivity contribution in [2.75, 3.05) is 52.9 Å². The number of piperazine rings is 1. The molecule has 2 unspecified atom stereocenters. The van der Waals surface area contributed by atoms with Crippen LogP contribution in [0.3, 0.4) is 0 Å². The molecule has 0 saturated carbocycles. The Labute approximate surface area is 183 Å². The number of aliphatic hydroxyl groups is 1. The molecule has 6 nitrogen and oxygen atoms in total. The van der Waals surface area contributed by atoms with Crippen LogP contribution in [-0.4, -0.2) is 79.8 Å². The Morgan fingerprint density at radius 3 is 2.58 bits per heavy atom. The van der Waals surface area contributed by atoms with Crippen molar-refractivity contribution in [2.45, 2.75) is 26.0 Å². The molecule has 1 aliphatic heterocycles. The third-order valence-corrected chi connectivity index (χ3v) is 5.74. The van der Waals surface area contributed by atoms with Crippen molar-refractivity contribution in [1.82, 2.24) is 20.4 Å². The van der Waals surface area contributed by atoms with E-state index in [2.05, 4.69) is 39.4 Å². The summed E-state index contributed by atoms with van der Waals surface area (Å²) in [5.41, 5.74) is 0. The minimum Gasteiger partial charge on any atom is -0.386 e. The molecular weight excluding hydrogens is 485 g/mol. The summed E-state index contributed by atoms with van der Waals surface area (Å²) >= 11 is 7.33. The summed E-state index contributed by atoms with van der Waals surface area (Å²) in [4.78, 5) is 10.4. The van der Waals surface area contributed by atoms with Crippen molar-refractivity contribution in [1.29, 1.82) is 0 Å². The summed E-state index contributed by atoms with van der Waals surface area (Å²) in [6, 6.07) is 4.07. The number of nitrogens with zero attached hydrogens (tertiary/aromatic N) is 3. The SMILES string of the molecule is CCNC(=NCC(C)N1CCN(C)CC1)NCC(O)c1ccc(Cl)s1.I. The smallest absolute Gasteiger partial charge is 0.191 e. The molecule has 3 N–H and O–H groups in total. The van der Waals surface area contributed by atoms with E-state index in [1.54, 1.807) is 0 Å². The fourth-order valence-electron chi connectivity index (χ4n) is 2.74. The molecule has 1 saturated heterocycles. The number of aliphatic hydroxyl groups excluding tert-OH is 1. The van der Waals surface area contributed by atoms with Crippen molar-refractivity contribution >= 4 is 52.9 Å². The highest BCUT2D eigenvalue weighted by Gasteiger charge is 2.19. The number of halogens is 2. The number of guanidine groups is 1. The summed E-state index contributed by atoms with van der Waals surface area (Å²) in [5.74, 6) is 0.741. The van der Waals surface area contributed by atoms with Gasteiger partial charge in [0.1, 0.15) is 6.10 Å². The standard InChI is InChI=1S/C17H30ClN5OS.HI/c1-4-19-17(21-12-14(24)15-5-6-16(18)25-15)20-11-13(2)23-9-7-22(3)8-10-23;/h5-6,13-14,24H,4,7-12H2,1-3H3,(H2,19,20,21);1H. The maximum absolute atomic E-state index is 10.3. The average molecular weight is 516 g/mol. The highest BCUT2D eigenvalue weighted by Crippen LogP contribution is 2.26. The van der Waals surface area contributed by atoms with Crippen LogP contribution in [0, 0.1) is 0 Å². The Morgan fingerprint density at radius 1 is 1.31 bits per heavy atom. The Morgan fingerprint density at radius 2 is 2.00 bits per heavy atom. The first-order chi connectivity index (χ1) is 12.0. The van der Waals surface area contributed by atoms with Crippen LogP contribution in [-0.2, 0) is 0 Å². The normalized spacial score (nSPS) is 18.9. The van der Waals surface area contributed by atoms with Crippen LogP contribution >= 0.6 is 46.9 Å². The number of hydrogen-bond donors (Lipinski definition) is 3.